The van der Waals surface area contributed by atoms with Crippen LogP contribution in [0.3, 0.4) is 0 Å². The molecule has 0 saturated carbocycles. The molecule has 0 aliphatic carbocycles. The quantitative estimate of drug-likeness (QED) is 0.842. The Bertz CT molecular complexity index is 773. The highest BCUT2D eigenvalue weighted by Gasteiger charge is 2.34. The summed E-state index contributed by atoms with van der Waals surface area (Å²) in [4.78, 5) is 36.7. The van der Waals surface area contributed by atoms with Crippen molar-refractivity contribution >= 4 is 24.6 Å². The Hall–Kier alpha value is -3.42. The molecule has 1 aliphatic heterocycles. The number of urea groups is 2. The van der Waals surface area contributed by atoms with Crippen molar-refractivity contribution < 1.29 is 18.8 Å². The summed E-state index contributed by atoms with van der Waals surface area (Å²) >= 11 is 0. The lowest BCUT2D eigenvalue weighted by molar-refractivity contribution is 0.185. The van der Waals surface area contributed by atoms with Crippen LogP contribution in [0, 0.1) is 0 Å². The number of carbonyl (C=O) groups is 2. The summed E-state index contributed by atoms with van der Waals surface area (Å²) in [6.07, 6.45) is 4.65. The highest BCUT2D eigenvalue weighted by molar-refractivity contribution is 5.96. The van der Waals surface area contributed by atoms with Crippen molar-refractivity contribution in [3.63, 3.8) is 0 Å². The summed E-state index contributed by atoms with van der Waals surface area (Å²) in [7, 11) is 0. The SMILES string of the molecule is O=[C]C(NC(=O)N1CCN(N=Cc2ccco2)C1=O)c1ccccc1. The molecule has 127 valence electrons. The Balaban J connectivity index is 1.63. The van der Waals surface area contributed by atoms with Gasteiger partial charge in [-0.2, -0.15) is 5.10 Å². The van der Waals surface area contributed by atoms with Gasteiger partial charge in [-0.25, -0.2) is 19.5 Å². The van der Waals surface area contributed by atoms with Gasteiger partial charge < -0.3 is 9.73 Å². The van der Waals surface area contributed by atoms with Crippen molar-refractivity contribution in [2.75, 3.05) is 13.1 Å². The fourth-order valence-electron chi connectivity index (χ4n) is 2.34. The van der Waals surface area contributed by atoms with Crippen LogP contribution in [0.2, 0.25) is 0 Å². The predicted molar refractivity (Wildman–Crippen MR) is 88.5 cm³/mol. The lowest BCUT2D eigenvalue weighted by atomic mass is 10.1. The third kappa shape index (κ3) is 3.74. The average Bonchev–Trinajstić information content (AvgIpc) is 3.28. The zero-order chi connectivity index (χ0) is 17.6. The molecule has 1 aromatic carbocycles. The molecule has 25 heavy (non-hydrogen) atoms. The van der Waals surface area contributed by atoms with Gasteiger partial charge in [0.1, 0.15) is 11.8 Å². The van der Waals surface area contributed by atoms with Crippen LogP contribution in [-0.4, -0.2) is 47.6 Å². The van der Waals surface area contributed by atoms with Crippen LogP contribution in [0.5, 0.6) is 0 Å². The Morgan fingerprint density at radius 3 is 2.72 bits per heavy atom. The van der Waals surface area contributed by atoms with Gasteiger partial charge in [0.05, 0.1) is 25.6 Å². The highest BCUT2D eigenvalue weighted by Crippen LogP contribution is 2.14. The van der Waals surface area contributed by atoms with E-state index in [0.29, 0.717) is 11.3 Å². The monoisotopic (exact) mass is 339 g/mol. The van der Waals surface area contributed by atoms with Crippen LogP contribution in [0.15, 0.2) is 58.2 Å². The van der Waals surface area contributed by atoms with E-state index in [-0.39, 0.29) is 13.1 Å². The number of amides is 4. The molecule has 4 amide bonds. The molecular formula is C17H15N4O4. The largest absolute Gasteiger partial charge is 0.463 e. The summed E-state index contributed by atoms with van der Waals surface area (Å²) in [6.45, 7) is 0.421. The minimum Gasteiger partial charge on any atom is -0.463 e. The Labute approximate surface area is 143 Å². The van der Waals surface area contributed by atoms with Gasteiger partial charge in [-0.05, 0) is 17.7 Å². The van der Waals surface area contributed by atoms with Gasteiger partial charge >= 0.3 is 12.1 Å². The fourth-order valence-corrected chi connectivity index (χ4v) is 2.34. The molecule has 1 aromatic heterocycles. The van der Waals surface area contributed by atoms with E-state index in [2.05, 4.69) is 10.4 Å². The molecule has 0 bridgehead atoms. The molecule has 1 unspecified atom stereocenters. The Kier molecular flexibility index (Phi) is 4.89. The first-order chi connectivity index (χ1) is 12.2. The number of hydrogen-bond acceptors (Lipinski definition) is 5. The van der Waals surface area contributed by atoms with Crippen LogP contribution >= 0.6 is 0 Å². The second-order valence-electron chi connectivity index (χ2n) is 5.23. The lowest BCUT2D eigenvalue weighted by Crippen LogP contribution is -2.43. The number of furan rings is 1. The number of imide groups is 1. The van der Waals surface area contributed by atoms with Crippen LogP contribution in [0.4, 0.5) is 9.59 Å². The number of nitrogens with one attached hydrogen (secondary N) is 1. The summed E-state index contributed by atoms with van der Waals surface area (Å²) in [6, 6.07) is 9.90. The molecule has 0 spiro atoms. The first-order valence-corrected chi connectivity index (χ1v) is 7.58. The van der Waals surface area contributed by atoms with E-state index in [1.807, 2.05) is 0 Å². The van der Waals surface area contributed by atoms with E-state index >= 15 is 0 Å². The zero-order valence-electron chi connectivity index (χ0n) is 13.2. The van der Waals surface area contributed by atoms with Crippen molar-refractivity contribution in [1.82, 2.24) is 15.2 Å². The third-order valence-electron chi connectivity index (χ3n) is 3.62. The summed E-state index contributed by atoms with van der Waals surface area (Å²) in [5, 5.41) is 7.65. The highest BCUT2D eigenvalue weighted by atomic mass is 16.3. The van der Waals surface area contributed by atoms with E-state index in [0.717, 1.165) is 9.91 Å². The van der Waals surface area contributed by atoms with Gasteiger partial charge in [0.2, 0.25) is 6.29 Å². The topological polar surface area (TPSA) is 95.2 Å². The number of rotatable bonds is 5. The normalized spacial score (nSPS) is 15.6. The molecule has 1 atom stereocenters. The smallest absolute Gasteiger partial charge is 0.348 e. The van der Waals surface area contributed by atoms with Gasteiger partial charge in [0.25, 0.3) is 0 Å². The second-order valence-corrected chi connectivity index (χ2v) is 5.23. The maximum atomic E-state index is 12.3. The lowest BCUT2D eigenvalue weighted by Gasteiger charge is -2.18. The van der Waals surface area contributed by atoms with Crippen LogP contribution < -0.4 is 5.32 Å². The van der Waals surface area contributed by atoms with E-state index in [9.17, 15) is 14.4 Å². The Morgan fingerprint density at radius 1 is 1.24 bits per heavy atom. The van der Waals surface area contributed by atoms with Crippen LogP contribution in [0.1, 0.15) is 17.4 Å². The number of benzene rings is 1. The number of carbonyl (C=O) groups excluding carboxylic acids is 3. The van der Waals surface area contributed by atoms with Gasteiger partial charge in [-0.3, -0.25) is 4.79 Å². The number of hydrazone groups is 1. The molecule has 3 rings (SSSR count). The van der Waals surface area contributed by atoms with Crippen molar-refractivity contribution in [2.45, 2.75) is 6.04 Å². The molecule has 1 fully saturated rings. The summed E-state index contributed by atoms with van der Waals surface area (Å²) < 4.78 is 5.10. The van der Waals surface area contributed by atoms with Crippen LogP contribution in [-0.2, 0) is 4.79 Å². The van der Waals surface area contributed by atoms with Crippen LogP contribution in [0.25, 0.3) is 0 Å². The molecule has 1 saturated heterocycles. The van der Waals surface area contributed by atoms with Crippen molar-refractivity contribution in [3.05, 3.63) is 60.1 Å². The molecule has 1 aliphatic rings. The van der Waals surface area contributed by atoms with Crippen molar-refractivity contribution in [3.8, 4) is 0 Å². The number of nitrogens with zero attached hydrogens (tertiary/aromatic N) is 3. The van der Waals surface area contributed by atoms with Crippen molar-refractivity contribution in [1.29, 1.82) is 0 Å². The number of hydrogen-bond donors (Lipinski definition) is 1. The molecule has 2 heterocycles. The zero-order valence-corrected chi connectivity index (χ0v) is 13.2. The minimum absolute atomic E-state index is 0.167. The summed E-state index contributed by atoms with van der Waals surface area (Å²) in [5.74, 6) is 0.496. The third-order valence-corrected chi connectivity index (χ3v) is 3.62. The summed E-state index contributed by atoms with van der Waals surface area (Å²) in [5.41, 5.74) is 0.588. The molecule has 2 aromatic rings. The van der Waals surface area contributed by atoms with Crippen molar-refractivity contribution in [2.24, 2.45) is 5.10 Å². The molecule has 8 nitrogen and oxygen atoms in total. The van der Waals surface area contributed by atoms with E-state index in [1.165, 1.54) is 12.5 Å². The Morgan fingerprint density at radius 2 is 2.04 bits per heavy atom. The second kappa shape index (κ2) is 7.43. The molecule has 8 heteroatoms. The molecular weight excluding hydrogens is 324 g/mol. The maximum absolute atomic E-state index is 12.3. The van der Waals surface area contributed by atoms with Gasteiger partial charge in [0.15, 0.2) is 0 Å². The van der Waals surface area contributed by atoms with Gasteiger partial charge in [0, 0.05) is 0 Å². The average molecular weight is 339 g/mol. The standard InChI is InChI=1S/C17H15N4O4/c22-12-15(13-5-2-1-3-6-13)19-16(23)20-8-9-21(17(20)24)18-11-14-7-4-10-25-14/h1-7,10-11,15H,8-9H2,(H,19,23). The fraction of sp³-hybridized carbons (Fsp3) is 0.176. The van der Waals surface area contributed by atoms with E-state index in [4.69, 9.17) is 4.42 Å². The molecule has 1 radical (unpaired) electrons. The minimum atomic E-state index is -0.942. The maximum Gasteiger partial charge on any atom is 0.348 e. The first-order valence-electron chi connectivity index (χ1n) is 7.58. The van der Waals surface area contributed by atoms with Gasteiger partial charge in [-0.15, -0.1) is 0 Å². The van der Waals surface area contributed by atoms with Gasteiger partial charge in [-0.1, -0.05) is 30.3 Å². The van der Waals surface area contributed by atoms with E-state index < -0.39 is 18.1 Å². The first kappa shape index (κ1) is 16.4. The molecule has 1 N–H and O–H groups in total. The van der Waals surface area contributed by atoms with E-state index in [1.54, 1.807) is 48.8 Å². The predicted octanol–water partition coefficient (Wildman–Crippen LogP) is 1.91.